The molecular formula is C17H21N5O3. The summed E-state index contributed by atoms with van der Waals surface area (Å²) in [5.41, 5.74) is 1.11. The lowest BCUT2D eigenvalue weighted by molar-refractivity contribution is -0.140. The largest absolute Gasteiger partial charge is 0.452 e. The van der Waals surface area contributed by atoms with Crippen LogP contribution >= 0.6 is 0 Å². The second-order valence-corrected chi connectivity index (χ2v) is 6.31. The minimum absolute atomic E-state index is 0.140. The molecule has 2 aromatic rings. The van der Waals surface area contributed by atoms with Gasteiger partial charge in [0.25, 0.3) is 5.91 Å². The van der Waals surface area contributed by atoms with E-state index >= 15 is 0 Å². The molecule has 1 aromatic carbocycles. The molecule has 0 aliphatic carbocycles. The number of aromatic nitrogens is 4. The molecule has 25 heavy (non-hydrogen) atoms. The highest BCUT2D eigenvalue weighted by molar-refractivity contribution is 5.91. The number of rotatable bonds is 4. The fourth-order valence-electron chi connectivity index (χ4n) is 3.23. The molecule has 0 spiro atoms. The molecule has 0 radical (unpaired) electrons. The molecule has 132 valence electrons. The van der Waals surface area contributed by atoms with E-state index in [-0.39, 0.29) is 24.6 Å². The van der Waals surface area contributed by atoms with Gasteiger partial charge in [0.1, 0.15) is 6.33 Å². The van der Waals surface area contributed by atoms with Crippen LogP contribution < -0.4 is 0 Å². The van der Waals surface area contributed by atoms with E-state index in [1.807, 2.05) is 18.7 Å². The SMILES string of the molecule is C[C@@H]1CCC[C@@H](C)N1C(=O)COC(=O)c1ccc(-n2cnnn2)cc1. The van der Waals surface area contributed by atoms with Gasteiger partial charge in [-0.2, -0.15) is 0 Å². The van der Waals surface area contributed by atoms with E-state index in [0.717, 1.165) is 24.9 Å². The Balaban J connectivity index is 1.58. The molecule has 0 unspecified atom stereocenters. The molecule has 2 heterocycles. The molecule has 2 atom stereocenters. The Morgan fingerprint density at radius 2 is 1.84 bits per heavy atom. The highest BCUT2D eigenvalue weighted by atomic mass is 16.5. The fraction of sp³-hybridized carbons (Fsp3) is 0.471. The molecule has 1 fully saturated rings. The van der Waals surface area contributed by atoms with Crippen molar-refractivity contribution < 1.29 is 14.3 Å². The lowest BCUT2D eigenvalue weighted by Gasteiger charge is -2.38. The number of hydrogen-bond acceptors (Lipinski definition) is 6. The number of carbonyl (C=O) groups is 2. The number of likely N-dealkylation sites (tertiary alicyclic amines) is 1. The number of amides is 1. The Hall–Kier alpha value is -2.77. The molecule has 1 aliphatic rings. The highest BCUT2D eigenvalue weighted by Gasteiger charge is 2.29. The maximum absolute atomic E-state index is 12.4. The first-order valence-corrected chi connectivity index (χ1v) is 8.38. The molecule has 8 heteroatoms. The smallest absolute Gasteiger partial charge is 0.338 e. The molecule has 8 nitrogen and oxygen atoms in total. The fourth-order valence-corrected chi connectivity index (χ4v) is 3.23. The molecule has 1 saturated heterocycles. The topological polar surface area (TPSA) is 90.2 Å². The van der Waals surface area contributed by atoms with Crippen molar-refractivity contribution in [2.24, 2.45) is 0 Å². The van der Waals surface area contributed by atoms with Crippen LogP contribution in [0, 0.1) is 0 Å². The molecule has 0 saturated carbocycles. The predicted octanol–water partition coefficient (Wildman–Crippen LogP) is 1.61. The van der Waals surface area contributed by atoms with Crippen LogP contribution in [0.1, 0.15) is 43.5 Å². The van der Waals surface area contributed by atoms with Gasteiger partial charge in [-0.15, -0.1) is 5.10 Å². The average Bonchev–Trinajstić information content (AvgIpc) is 3.14. The average molecular weight is 343 g/mol. The Labute approximate surface area is 145 Å². The predicted molar refractivity (Wildman–Crippen MR) is 89.1 cm³/mol. The van der Waals surface area contributed by atoms with Crippen LogP contribution in [-0.4, -0.2) is 55.7 Å². The highest BCUT2D eigenvalue weighted by Crippen LogP contribution is 2.22. The Bertz CT molecular complexity index is 719. The quantitative estimate of drug-likeness (QED) is 0.784. The maximum Gasteiger partial charge on any atom is 0.338 e. The normalized spacial score (nSPS) is 20.3. The zero-order valence-corrected chi connectivity index (χ0v) is 14.3. The Kier molecular flexibility index (Phi) is 5.06. The van der Waals surface area contributed by atoms with Crippen LogP contribution in [0.5, 0.6) is 0 Å². The lowest BCUT2D eigenvalue weighted by Crippen LogP contribution is -2.49. The minimum Gasteiger partial charge on any atom is -0.452 e. The summed E-state index contributed by atoms with van der Waals surface area (Å²) < 4.78 is 6.68. The molecule has 3 rings (SSSR count). The summed E-state index contributed by atoms with van der Waals surface area (Å²) in [4.78, 5) is 26.4. The van der Waals surface area contributed by atoms with Gasteiger partial charge >= 0.3 is 5.97 Å². The number of ether oxygens (including phenoxy) is 1. The molecule has 0 N–H and O–H groups in total. The Morgan fingerprint density at radius 3 is 2.44 bits per heavy atom. The standard InChI is InChI=1S/C17H21N5O3/c1-12-4-3-5-13(2)22(12)16(23)10-25-17(24)14-6-8-15(9-7-14)21-11-18-19-20-21/h6-9,11-13H,3-5,10H2,1-2H3/t12-,13-/m1/s1. The van der Waals surface area contributed by atoms with Crippen LogP contribution in [-0.2, 0) is 9.53 Å². The van der Waals surface area contributed by atoms with Crippen LogP contribution in [0.15, 0.2) is 30.6 Å². The summed E-state index contributed by atoms with van der Waals surface area (Å²) >= 11 is 0. The van der Waals surface area contributed by atoms with Crippen molar-refractivity contribution in [3.8, 4) is 5.69 Å². The van der Waals surface area contributed by atoms with Gasteiger partial charge < -0.3 is 9.64 Å². The van der Waals surface area contributed by atoms with Crippen molar-refractivity contribution >= 4 is 11.9 Å². The number of esters is 1. The monoisotopic (exact) mass is 343 g/mol. The third kappa shape index (κ3) is 3.84. The van der Waals surface area contributed by atoms with E-state index in [4.69, 9.17) is 4.74 Å². The van der Waals surface area contributed by atoms with Gasteiger partial charge in [-0.3, -0.25) is 4.79 Å². The van der Waals surface area contributed by atoms with E-state index < -0.39 is 5.97 Å². The van der Waals surface area contributed by atoms with E-state index in [1.165, 1.54) is 11.0 Å². The van der Waals surface area contributed by atoms with E-state index in [1.54, 1.807) is 24.3 Å². The number of benzene rings is 1. The second-order valence-electron chi connectivity index (χ2n) is 6.31. The summed E-state index contributed by atoms with van der Waals surface area (Å²) in [5, 5.41) is 10.9. The van der Waals surface area contributed by atoms with E-state index in [2.05, 4.69) is 15.5 Å². The Morgan fingerprint density at radius 1 is 1.16 bits per heavy atom. The van der Waals surface area contributed by atoms with Crippen molar-refractivity contribution in [2.75, 3.05) is 6.61 Å². The third-order valence-electron chi connectivity index (χ3n) is 4.52. The van der Waals surface area contributed by atoms with Crippen molar-refractivity contribution in [2.45, 2.75) is 45.2 Å². The molecule has 1 aliphatic heterocycles. The number of carbonyl (C=O) groups excluding carboxylic acids is 2. The second kappa shape index (κ2) is 7.42. The van der Waals surface area contributed by atoms with Gasteiger partial charge in [0, 0.05) is 12.1 Å². The van der Waals surface area contributed by atoms with Crippen molar-refractivity contribution in [1.29, 1.82) is 0 Å². The van der Waals surface area contributed by atoms with Gasteiger partial charge in [-0.25, -0.2) is 9.48 Å². The van der Waals surface area contributed by atoms with Gasteiger partial charge in [-0.1, -0.05) is 0 Å². The zero-order chi connectivity index (χ0) is 17.8. The van der Waals surface area contributed by atoms with E-state index in [9.17, 15) is 9.59 Å². The number of piperidine rings is 1. The van der Waals surface area contributed by atoms with Crippen molar-refractivity contribution in [3.05, 3.63) is 36.2 Å². The first-order valence-electron chi connectivity index (χ1n) is 8.38. The van der Waals surface area contributed by atoms with Crippen LogP contribution in [0.4, 0.5) is 0 Å². The van der Waals surface area contributed by atoms with Crippen molar-refractivity contribution in [1.82, 2.24) is 25.1 Å². The number of tetrazole rings is 1. The summed E-state index contributed by atoms with van der Waals surface area (Å²) in [7, 11) is 0. The number of hydrogen-bond donors (Lipinski definition) is 0. The first-order chi connectivity index (χ1) is 12.1. The minimum atomic E-state index is -0.520. The number of nitrogens with zero attached hydrogens (tertiary/aromatic N) is 5. The zero-order valence-electron chi connectivity index (χ0n) is 14.3. The molecule has 1 amide bonds. The molecule has 1 aromatic heterocycles. The van der Waals surface area contributed by atoms with E-state index in [0.29, 0.717) is 5.56 Å². The first kappa shape index (κ1) is 17.1. The lowest BCUT2D eigenvalue weighted by atomic mass is 9.97. The van der Waals surface area contributed by atoms with Crippen molar-refractivity contribution in [3.63, 3.8) is 0 Å². The van der Waals surface area contributed by atoms with Crippen LogP contribution in [0.2, 0.25) is 0 Å². The van der Waals surface area contributed by atoms with Crippen LogP contribution in [0.25, 0.3) is 5.69 Å². The molecular weight excluding hydrogens is 322 g/mol. The third-order valence-corrected chi connectivity index (χ3v) is 4.52. The van der Waals surface area contributed by atoms with Gasteiger partial charge in [0.05, 0.1) is 11.3 Å². The maximum atomic E-state index is 12.4. The summed E-state index contributed by atoms with van der Waals surface area (Å²) in [6, 6.07) is 7.04. The van der Waals surface area contributed by atoms with Gasteiger partial charge in [0.2, 0.25) is 0 Å². The summed E-state index contributed by atoms with van der Waals surface area (Å²) in [6.45, 7) is 3.84. The van der Waals surface area contributed by atoms with Gasteiger partial charge in [-0.05, 0) is 67.8 Å². The summed E-state index contributed by atoms with van der Waals surface area (Å²) in [6.07, 6.45) is 4.57. The molecule has 0 bridgehead atoms. The van der Waals surface area contributed by atoms with Crippen LogP contribution in [0.3, 0.4) is 0 Å². The van der Waals surface area contributed by atoms with Gasteiger partial charge in [0.15, 0.2) is 6.61 Å². The summed E-state index contributed by atoms with van der Waals surface area (Å²) in [5.74, 6) is -0.660.